The highest BCUT2D eigenvalue weighted by atomic mass is 16.6. The molecule has 16 heavy (non-hydrogen) atoms. The van der Waals surface area contributed by atoms with Crippen LogP contribution >= 0.6 is 0 Å². The predicted octanol–water partition coefficient (Wildman–Crippen LogP) is 2.89. The maximum atomic E-state index is 11.5. The molecule has 0 aromatic carbocycles. The summed E-state index contributed by atoms with van der Waals surface area (Å²) in [7, 11) is 0. The molecule has 0 amide bonds. The molecule has 0 spiro atoms. The second kappa shape index (κ2) is 7.20. The lowest BCUT2D eigenvalue weighted by Gasteiger charge is -2.20. The van der Waals surface area contributed by atoms with Crippen molar-refractivity contribution in [2.24, 2.45) is 5.92 Å². The van der Waals surface area contributed by atoms with E-state index in [2.05, 4.69) is 6.58 Å². The SMILES string of the molecule is C=CCCC[C@@H](C=O)CC(=O)OC(C)(C)C. The molecule has 0 bridgehead atoms. The summed E-state index contributed by atoms with van der Waals surface area (Å²) in [6, 6.07) is 0. The molecule has 0 heterocycles. The van der Waals surface area contributed by atoms with Crippen molar-refractivity contribution < 1.29 is 14.3 Å². The van der Waals surface area contributed by atoms with Gasteiger partial charge < -0.3 is 9.53 Å². The van der Waals surface area contributed by atoms with E-state index >= 15 is 0 Å². The first-order valence-corrected chi connectivity index (χ1v) is 5.67. The Morgan fingerprint density at radius 2 is 2.06 bits per heavy atom. The van der Waals surface area contributed by atoms with E-state index in [0.717, 1.165) is 25.5 Å². The van der Waals surface area contributed by atoms with E-state index in [1.54, 1.807) is 0 Å². The van der Waals surface area contributed by atoms with Crippen molar-refractivity contribution in [3.8, 4) is 0 Å². The number of allylic oxidation sites excluding steroid dienone is 1. The van der Waals surface area contributed by atoms with Crippen LogP contribution < -0.4 is 0 Å². The van der Waals surface area contributed by atoms with Gasteiger partial charge in [-0.2, -0.15) is 0 Å². The van der Waals surface area contributed by atoms with E-state index in [1.807, 2.05) is 26.8 Å². The highest BCUT2D eigenvalue weighted by Gasteiger charge is 2.19. The molecule has 0 aliphatic carbocycles. The molecule has 0 fully saturated rings. The Hall–Kier alpha value is -1.12. The molecular formula is C13H22O3. The Labute approximate surface area is 97.9 Å². The quantitative estimate of drug-likeness (QED) is 0.290. The van der Waals surface area contributed by atoms with E-state index in [0.29, 0.717) is 0 Å². The monoisotopic (exact) mass is 226 g/mol. The molecule has 92 valence electrons. The van der Waals surface area contributed by atoms with E-state index < -0.39 is 5.60 Å². The lowest BCUT2D eigenvalue weighted by molar-refractivity contribution is -0.156. The van der Waals surface area contributed by atoms with Crippen molar-refractivity contribution >= 4 is 12.3 Å². The third kappa shape index (κ3) is 8.21. The van der Waals surface area contributed by atoms with Gasteiger partial charge in [0.1, 0.15) is 11.9 Å². The minimum Gasteiger partial charge on any atom is -0.460 e. The maximum absolute atomic E-state index is 11.5. The predicted molar refractivity (Wildman–Crippen MR) is 64.1 cm³/mol. The van der Waals surface area contributed by atoms with Gasteiger partial charge in [0.25, 0.3) is 0 Å². The summed E-state index contributed by atoms with van der Waals surface area (Å²) < 4.78 is 5.16. The van der Waals surface area contributed by atoms with Crippen LogP contribution in [0.2, 0.25) is 0 Å². The van der Waals surface area contributed by atoms with Crippen LogP contribution in [0.4, 0.5) is 0 Å². The highest BCUT2D eigenvalue weighted by molar-refractivity contribution is 5.74. The first-order valence-electron chi connectivity index (χ1n) is 5.67. The Balaban J connectivity index is 3.97. The van der Waals surface area contributed by atoms with Crippen LogP contribution in [0.5, 0.6) is 0 Å². The summed E-state index contributed by atoms with van der Waals surface area (Å²) >= 11 is 0. The van der Waals surface area contributed by atoms with Crippen molar-refractivity contribution in [1.82, 2.24) is 0 Å². The number of ether oxygens (including phenoxy) is 1. The lowest BCUT2D eigenvalue weighted by atomic mass is 10.00. The average molecular weight is 226 g/mol. The Bertz CT molecular complexity index is 238. The van der Waals surface area contributed by atoms with Crippen LogP contribution in [0.3, 0.4) is 0 Å². The van der Waals surface area contributed by atoms with Crippen LogP contribution in [0.15, 0.2) is 12.7 Å². The molecule has 0 aliphatic heterocycles. The van der Waals surface area contributed by atoms with Crippen LogP contribution in [-0.2, 0) is 14.3 Å². The lowest BCUT2D eigenvalue weighted by Crippen LogP contribution is -2.25. The molecule has 0 rings (SSSR count). The molecular weight excluding hydrogens is 204 g/mol. The van der Waals surface area contributed by atoms with Crippen molar-refractivity contribution in [1.29, 1.82) is 0 Å². The van der Waals surface area contributed by atoms with Crippen molar-refractivity contribution in [3.05, 3.63) is 12.7 Å². The molecule has 3 heteroatoms. The largest absolute Gasteiger partial charge is 0.460 e. The summed E-state index contributed by atoms with van der Waals surface area (Å²) in [5.74, 6) is -0.530. The normalized spacial score (nSPS) is 12.9. The fourth-order valence-electron chi connectivity index (χ4n) is 1.34. The number of hydrogen-bond donors (Lipinski definition) is 0. The zero-order valence-corrected chi connectivity index (χ0v) is 10.5. The average Bonchev–Trinajstić information content (AvgIpc) is 2.13. The molecule has 0 saturated heterocycles. The van der Waals surface area contributed by atoms with Crippen molar-refractivity contribution in [3.63, 3.8) is 0 Å². The number of carbonyl (C=O) groups excluding carboxylic acids is 2. The van der Waals surface area contributed by atoms with Gasteiger partial charge in [0.2, 0.25) is 0 Å². The second-order valence-corrected chi connectivity index (χ2v) is 4.91. The number of carbonyl (C=O) groups is 2. The second-order valence-electron chi connectivity index (χ2n) is 4.91. The topological polar surface area (TPSA) is 43.4 Å². The molecule has 0 radical (unpaired) electrons. The Kier molecular flexibility index (Phi) is 6.70. The summed E-state index contributed by atoms with van der Waals surface area (Å²) in [5, 5.41) is 0. The van der Waals surface area contributed by atoms with Crippen LogP contribution in [-0.4, -0.2) is 17.9 Å². The molecule has 1 atom stereocenters. The smallest absolute Gasteiger partial charge is 0.307 e. The van der Waals surface area contributed by atoms with Gasteiger partial charge in [-0.15, -0.1) is 6.58 Å². The van der Waals surface area contributed by atoms with Gasteiger partial charge in [0.05, 0.1) is 6.42 Å². The van der Waals surface area contributed by atoms with Crippen LogP contribution in [0.25, 0.3) is 0 Å². The molecule has 0 N–H and O–H groups in total. The standard InChI is InChI=1S/C13H22O3/c1-5-6-7-8-11(10-14)9-12(15)16-13(2,3)4/h5,10-11H,1,6-9H2,2-4H3/t11-/m1/s1. The Morgan fingerprint density at radius 3 is 2.50 bits per heavy atom. The third-order valence-corrected chi connectivity index (χ3v) is 2.02. The van der Waals surface area contributed by atoms with Gasteiger partial charge in [-0.05, 0) is 40.0 Å². The summed E-state index contributed by atoms with van der Waals surface area (Å²) in [4.78, 5) is 22.2. The molecule has 0 aliphatic rings. The van der Waals surface area contributed by atoms with E-state index in [-0.39, 0.29) is 18.3 Å². The number of aldehydes is 1. The summed E-state index contributed by atoms with van der Waals surface area (Å²) in [6.45, 7) is 9.07. The Morgan fingerprint density at radius 1 is 1.44 bits per heavy atom. The fraction of sp³-hybridized carbons (Fsp3) is 0.692. The molecule has 3 nitrogen and oxygen atoms in total. The number of hydrogen-bond acceptors (Lipinski definition) is 3. The van der Waals surface area contributed by atoms with Gasteiger partial charge in [-0.25, -0.2) is 0 Å². The van der Waals surface area contributed by atoms with Gasteiger partial charge in [-0.3, -0.25) is 4.79 Å². The van der Waals surface area contributed by atoms with Gasteiger partial charge >= 0.3 is 5.97 Å². The van der Waals surface area contributed by atoms with E-state index in [9.17, 15) is 9.59 Å². The first-order chi connectivity index (χ1) is 7.39. The van der Waals surface area contributed by atoms with Gasteiger partial charge in [-0.1, -0.05) is 6.08 Å². The first kappa shape index (κ1) is 14.9. The zero-order chi connectivity index (χ0) is 12.6. The van der Waals surface area contributed by atoms with Gasteiger partial charge in [0.15, 0.2) is 0 Å². The maximum Gasteiger partial charge on any atom is 0.307 e. The molecule has 0 aromatic heterocycles. The van der Waals surface area contributed by atoms with Gasteiger partial charge in [0, 0.05) is 5.92 Å². The van der Waals surface area contributed by atoms with E-state index in [1.165, 1.54) is 0 Å². The molecule has 0 saturated carbocycles. The number of unbranched alkanes of at least 4 members (excludes halogenated alkanes) is 1. The number of rotatable bonds is 7. The van der Waals surface area contributed by atoms with Crippen molar-refractivity contribution in [2.75, 3.05) is 0 Å². The number of esters is 1. The minimum absolute atomic E-state index is 0.178. The summed E-state index contributed by atoms with van der Waals surface area (Å²) in [6.07, 6.45) is 5.31. The minimum atomic E-state index is -0.481. The highest BCUT2D eigenvalue weighted by Crippen LogP contribution is 2.15. The fourth-order valence-corrected chi connectivity index (χ4v) is 1.34. The van der Waals surface area contributed by atoms with Crippen LogP contribution in [0.1, 0.15) is 46.5 Å². The molecule has 0 unspecified atom stereocenters. The summed E-state index contributed by atoms with van der Waals surface area (Å²) in [5.41, 5.74) is -0.481. The van der Waals surface area contributed by atoms with E-state index in [4.69, 9.17) is 4.74 Å². The zero-order valence-electron chi connectivity index (χ0n) is 10.5. The van der Waals surface area contributed by atoms with Crippen LogP contribution in [0, 0.1) is 5.92 Å². The van der Waals surface area contributed by atoms with Crippen molar-refractivity contribution in [2.45, 2.75) is 52.1 Å². The molecule has 0 aromatic rings. The third-order valence-electron chi connectivity index (χ3n) is 2.02.